The topological polar surface area (TPSA) is 41.9 Å². The number of aliphatic imine (C=N–C) groups is 1. The molecule has 0 aromatic heterocycles. The van der Waals surface area contributed by atoms with E-state index < -0.39 is 6.23 Å². The van der Waals surface area contributed by atoms with Gasteiger partial charge in [0.2, 0.25) is 6.23 Å². The van der Waals surface area contributed by atoms with Crippen LogP contribution in [-0.4, -0.2) is 30.0 Å². The van der Waals surface area contributed by atoms with E-state index in [9.17, 15) is 4.79 Å². The van der Waals surface area contributed by atoms with Crippen LogP contribution in [0.1, 0.15) is 6.92 Å². The van der Waals surface area contributed by atoms with Gasteiger partial charge in [-0.25, -0.2) is 0 Å². The molecule has 0 radical (unpaired) electrons. The molecule has 4 nitrogen and oxygen atoms in total. The van der Waals surface area contributed by atoms with E-state index in [1.807, 2.05) is 19.1 Å². The van der Waals surface area contributed by atoms with Gasteiger partial charge < -0.3 is 4.74 Å². The molecule has 1 unspecified atom stereocenters. The van der Waals surface area contributed by atoms with Crippen LogP contribution in [0.25, 0.3) is 0 Å². The smallest absolute Gasteiger partial charge is 0.298 e. The molecular weight excluding hydrogens is 168 g/mol. The highest BCUT2D eigenvalue weighted by Gasteiger charge is 2.35. The second-order valence-corrected chi connectivity index (χ2v) is 2.93. The third-order valence-electron chi connectivity index (χ3n) is 2.10. The molecule has 1 amide bonds. The second-order valence-electron chi connectivity index (χ2n) is 2.93. The molecule has 0 saturated heterocycles. The molecule has 0 aliphatic carbocycles. The second kappa shape index (κ2) is 2.81. The van der Waals surface area contributed by atoms with E-state index in [0.717, 1.165) is 5.70 Å². The van der Waals surface area contributed by atoms with Crippen LogP contribution in [-0.2, 0) is 9.53 Å². The SMILES string of the molecule is COC1C(=O)N=C2C=CC=C(C)N21. The maximum Gasteiger partial charge on any atom is 0.298 e. The Morgan fingerprint density at radius 1 is 1.62 bits per heavy atom. The van der Waals surface area contributed by atoms with E-state index in [-0.39, 0.29) is 5.91 Å². The maximum absolute atomic E-state index is 11.3. The van der Waals surface area contributed by atoms with Gasteiger partial charge >= 0.3 is 0 Å². The minimum Gasteiger partial charge on any atom is -0.352 e. The summed E-state index contributed by atoms with van der Waals surface area (Å²) >= 11 is 0. The predicted molar refractivity (Wildman–Crippen MR) is 48.0 cm³/mol. The Balaban J connectivity index is 2.39. The van der Waals surface area contributed by atoms with Gasteiger partial charge in [0.25, 0.3) is 5.91 Å². The average molecular weight is 178 g/mol. The molecule has 13 heavy (non-hydrogen) atoms. The van der Waals surface area contributed by atoms with E-state index in [2.05, 4.69) is 4.99 Å². The van der Waals surface area contributed by atoms with E-state index in [1.54, 1.807) is 11.0 Å². The standard InChI is InChI=1S/C9H10N2O2/c1-6-4-3-5-7-10-8(12)9(13-2)11(6)7/h3-5,9H,1-2H3. The lowest BCUT2D eigenvalue weighted by atomic mass is 10.2. The molecular formula is C9H10N2O2. The Hall–Kier alpha value is -1.42. The van der Waals surface area contributed by atoms with Crippen LogP contribution >= 0.6 is 0 Å². The molecule has 68 valence electrons. The average Bonchev–Trinajstić information content (AvgIpc) is 2.42. The van der Waals surface area contributed by atoms with Gasteiger partial charge in [0.05, 0.1) is 0 Å². The molecule has 0 aromatic rings. The summed E-state index contributed by atoms with van der Waals surface area (Å²) in [4.78, 5) is 16.9. The van der Waals surface area contributed by atoms with E-state index >= 15 is 0 Å². The van der Waals surface area contributed by atoms with Crippen molar-refractivity contribution in [1.29, 1.82) is 0 Å². The summed E-state index contributed by atoms with van der Waals surface area (Å²) in [5, 5.41) is 0. The van der Waals surface area contributed by atoms with Crippen LogP contribution in [0.3, 0.4) is 0 Å². The zero-order valence-corrected chi connectivity index (χ0v) is 7.52. The number of methoxy groups -OCH3 is 1. The van der Waals surface area contributed by atoms with Gasteiger partial charge in [-0.2, -0.15) is 4.99 Å². The predicted octanol–water partition coefficient (Wildman–Crippen LogP) is 0.673. The molecule has 0 spiro atoms. The van der Waals surface area contributed by atoms with Crippen LogP contribution in [0.2, 0.25) is 0 Å². The van der Waals surface area contributed by atoms with Crippen molar-refractivity contribution in [2.24, 2.45) is 4.99 Å². The Labute approximate surface area is 76.2 Å². The van der Waals surface area contributed by atoms with Crippen molar-refractivity contribution in [3.63, 3.8) is 0 Å². The number of ether oxygens (including phenoxy) is 1. The first-order valence-corrected chi connectivity index (χ1v) is 4.03. The summed E-state index contributed by atoms with van der Waals surface area (Å²) in [6.07, 6.45) is 5.01. The van der Waals surface area contributed by atoms with Crippen LogP contribution in [0.5, 0.6) is 0 Å². The molecule has 1 atom stereocenters. The molecule has 0 aromatic carbocycles. The normalized spacial score (nSPS) is 25.8. The molecule has 0 fully saturated rings. The van der Waals surface area contributed by atoms with Crippen molar-refractivity contribution in [2.75, 3.05) is 7.11 Å². The van der Waals surface area contributed by atoms with E-state index in [4.69, 9.17) is 4.74 Å². The lowest BCUT2D eigenvalue weighted by molar-refractivity contribution is -0.131. The van der Waals surface area contributed by atoms with Crippen molar-refractivity contribution < 1.29 is 9.53 Å². The highest BCUT2D eigenvalue weighted by molar-refractivity contribution is 6.09. The van der Waals surface area contributed by atoms with Gasteiger partial charge in [0.1, 0.15) is 5.84 Å². The van der Waals surface area contributed by atoms with E-state index in [1.165, 1.54) is 7.11 Å². The third-order valence-corrected chi connectivity index (χ3v) is 2.10. The minimum atomic E-state index is -0.573. The maximum atomic E-state index is 11.3. The number of hydrogen-bond donors (Lipinski definition) is 0. The van der Waals surface area contributed by atoms with Gasteiger partial charge in [0.15, 0.2) is 0 Å². The van der Waals surface area contributed by atoms with Crippen molar-refractivity contribution in [2.45, 2.75) is 13.2 Å². The Bertz CT molecular complexity index is 342. The largest absolute Gasteiger partial charge is 0.352 e. The van der Waals surface area contributed by atoms with Gasteiger partial charge in [0, 0.05) is 12.8 Å². The first kappa shape index (κ1) is 8.19. The number of carbonyl (C=O) groups is 1. The molecule has 2 heterocycles. The van der Waals surface area contributed by atoms with Crippen molar-refractivity contribution in [1.82, 2.24) is 4.90 Å². The van der Waals surface area contributed by atoms with Crippen molar-refractivity contribution in [3.05, 3.63) is 23.9 Å². The first-order chi connectivity index (χ1) is 6.24. The van der Waals surface area contributed by atoms with Crippen LogP contribution in [0, 0.1) is 0 Å². The fraction of sp³-hybridized carbons (Fsp3) is 0.333. The van der Waals surface area contributed by atoms with Crippen LogP contribution < -0.4 is 0 Å². The van der Waals surface area contributed by atoms with Gasteiger partial charge in [-0.1, -0.05) is 6.08 Å². The number of amidine groups is 1. The highest BCUT2D eigenvalue weighted by atomic mass is 16.5. The Kier molecular flexibility index (Phi) is 1.77. The van der Waals surface area contributed by atoms with Gasteiger partial charge in [-0.3, -0.25) is 9.69 Å². The van der Waals surface area contributed by atoms with Crippen molar-refractivity contribution in [3.8, 4) is 0 Å². The number of allylic oxidation sites excluding steroid dienone is 3. The molecule has 4 heteroatoms. The highest BCUT2D eigenvalue weighted by Crippen LogP contribution is 2.22. The fourth-order valence-corrected chi connectivity index (χ4v) is 1.50. The monoisotopic (exact) mass is 178 g/mol. The Morgan fingerprint density at radius 2 is 2.38 bits per heavy atom. The number of rotatable bonds is 1. The fourth-order valence-electron chi connectivity index (χ4n) is 1.50. The lowest BCUT2D eigenvalue weighted by Crippen LogP contribution is -2.38. The van der Waals surface area contributed by atoms with Gasteiger partial charge in [-0.05, 0) is 19.1 Å². The lowest BCUT2D eigenvalue weighted by Gasteiger charge is -2.26. The number of nitrogens with zero attached hydrogens (tertiary/aromatic N) is 2. The number of fused-ring (bicyclic) bond motifs is 1. The molecule has 0 N–H and O–H groups in total. The number of hydrogen-bond acceptors (Lipinski definition) is 3. The summed E-state index contributed by atoms with van der Waals surface area (Å²) in [6, 6.07) is 0. The summed E-state index contributed by atoms with van der Waals surface area (Å²) in [5.41, 5.74) is 0.971. The summed E-state index contributed by atoms with van der Waals surface area (Å²) in [5.74, 6) is 0.425. The van der Waals surface area contributed by atoms with Crippen LogP contribution in [0.15, 0.2) is 28.9 Å². The molecule has 0 bridgehead atoms. The van der Waals surface area contributed by atoms with E-state index in [0.29, 0.717) is 5.84 Å². The zero-order valence-electron chi connectivity index (χ0n) is 7.52. The molecule has 2 aliphatic heterocycles. The third kappa shape index (κ3) is 1.10. The molecule has 0 saturated carbocycles. The van der Waals surface area contributed by atoms with Crippen LogP contribution in [0.4, 0.5) is 0 Å². The molecule has 2 rings (SSSR count). The zero-order chi connectivity index (χ0) is 9.42. The quantitative estimate of drug-likeness (QED) is 0.592. The molecule has 2 aliphatic rings. The summed E-state index contributed by atoms with van der Waals surface area (Å²) in [6.45, 7) is 1.92. The number of amides is 1. The van der Waals surface area contributed by atoms with Gasteiger partial charge in [-0.15, -0.1) is 0 Å². The van der Waals surface area contributed by atoms with Crippen molar-refractivity contribution >= 4 is 11.7 Å². The Morgan fingerprint density at radius 3 is 3.08 bits per heavy atom. The minimum absolute atomic E-state index is 0.239. The first-order valence-electron chi connectivity index (χ1n) is 4.03. The summed E-state index contributed by atoms with van der Waals surface area (Å²) in [7, 11) is 1.51. The summed E-state index contributed by atoms with van der Waals surface area (Å²) < 4.78 is 5.05. The number of carbonyl (C=O) groups excluding carboxylic acids is 1.